The Bertz CT molecular complexity index is 234. The van der Waals surface area contributed by atoms with Crippen LogP contribution in [0.4, 0.5) is 0 Å². The minimum absolute atomic E-state index is 0.480. The molecule has 0 saturated heterocycles. The number of nitrogens with zero attached hydrogens (tertiary/aromatic N) is 3. The Balaban J connectivity index is 2.02. The fourth-order valence-corrected chi connectivity index (χ4v) is 2.09. The second-order valence-corrected chi connectivity index (χ2v) is 4.11. The van der Waals surface area contributed by atoms with Crippen molar-refractivity contribution >= 4 is 0 Å². The highest BCUT2D eigenvalue weighted by molar-refractivity contribution is 4.80. The van der Waals surface area contributed by atoms with Crippen LogP contribution in [0.25, 0.3) is 0 Å². The molecule has 12 heavy (non-hydrogen) atoms. The predicted molar refractivity (Wildman–Crippen MR) is 46.6 cm³/mol. The normalized spacial score (nSPS) is 21.4. The number of hydrogen-bond acceptors (Lipinski definition) is 2. The van der Waals surface area contributed by atoms with Crippen LogP contribution in [-0.4, -0.2) is 14.8 Å². The zero-order valence-corrected chi connectivity index (χ0v) is 7.53. The van der Waals surface area contributed by atoms with E-state index < -0.39 is 0 Å². The van der Waals surface area contributed by atoms with E-state index in [0.717, 1.165) is 6.54 Å². The first-order chi connectivity index (χ1) is 5.79. The van der Waals surface area contributed by atoms with E-state index in [1.807, 2.05) is 11.0 Å². The van der Waals surface area contributed by atoms with Crippen molar-refractivity contribution in [1.82, 2.24) is 14.8 Å². The zero-order valence-electron chi connectivity index (χ0n) is 7.53. The minimum atomic E-state index is 0.480. The van der Waals surface area contributed by atoms with Crippen molar-refractivity contribution in [3.05, 3.63) is 12.7 Å². The van der Waals surface area contributed by atoms with E-state index in [2.05, 4.69) is 17.0 Å². The first kappa shape index (κ1) is 7.77. The van der Waals surface area contributed by atoms with Gasteiger partial charge in [-0.2, -0.15) is 5.10 Å². The molecule has 0 radical (unpaired) electrons. The Morgan fingerprint density at radius 1 is 1.42 bits per heavy atom. The van der Waals surface area contributed by atoms with Crippen molar-refractivity contribution in [1.29, 1.82) is 0 Å². The molecule has 0 aromatic carbocycles. The molecule has 0 spiro atoms. The van der Waals surface area contributed by atoms with Crippen LogP contribution < -0.4 is 0 Å². The molecule has 0 N–H and O–H groups in total. The quantitative estimate of drug-likeness (QED) is 0.669. The lowest BCUT2D eigenvalue weighted by atomic mass is 9.89. The first-order valence-corrected chi connectivity index (χ1v) is 4.61. The van der Waals surface area contributed by atoms with Gasteiger partial charge in [-0.3, -0.25) is 4.68 Å². The van der Waals surface area contributed by atoms with E-state index in [-0.39, 0.29) is 0 Å². The molecule has 0 unspecified atom stereocenters. The fourth-order valence-electron chi connectivity index (χ4n) is 2.09. The van der Waals surface area contributed by atoms with E-state index in [4.69, 9.17) is 0 Å². The van der Waals surface area contributed by atoms with Crippen LogP contribution in [0.2, 0.25) is 0 Å². The number of rotatable bonds is 2. The molecular formula is C9H15N3. The summed E-state index contributed by atoms with van der Waals surface area (Å²) >= 11 is 0. The van der Waals surface area contributed by atoms with Gasteiger partial charge in [-0.25, -0.2) is 4.98 Å². The van der Waals surface area contributed by atoms with Gasteiger partial charge >= 0.3 is 0 Å². The summed E-state index contributed by atoms with van der Waals surface area (Å²) in [5, 5.41) is 4.13. The maximum Gasteiger partial charge on any atom is 0.137 e. The summed E-state index contributed by atoms with van der Waals surface area (Å²) in [6, 6.07) is 0. The van der Waals surface area contributed by atoms with Crippen LogP contribution >= 0.6 is 0 Å². The molecule has 3 nitrogen and oxygen atoms in total. The van der Waals surface area contributed by atoms with Gasteiger partial charge in [-0.1, -0.05) is 19.8 Å². The van der Waals surface area contributed by atoms with E-state index in [1.165, 1.54) is 25.7 Å². The molecule has 0 atom stereocenters. The summed E-state index contributed by atoms with van der Waals surface area (Å²) in [5.74, 6) is 0. The highest BCUT2D eigenvalue weighted by Gasteiger charge is 2.29. The van der Waals surface area contributed by atoms with Crippen LogP contribution in [0.15, 0.2) is 12.7 Å². The summed E-state index contributed by atoms with van der Waals surface area (Å²) in [6.45, 7) is 3.38. The maximum absolute atomic E-state index is 4.13. The van der Waals surface area contributed by atoms with Gasteiger partial charge in [0.2, 0.25) is 0 Å². The van der Waals surface area contributed by atoms with Gasteiger partial charge in [0.25, 0.3) is 0 Å². The predicted octanol–water partition coefficient (Wildman–Crippen LogP) is 1.86. The summed E-state index contributed by atoms with van der Waals surface area (Å²) in [4.78, 5) is 3.95. The number of aromatic nitrogens is 3. The summed E-state index contributed by atoms with van der Waals surface area (Å²) in [6.07, 6.45) is 8.86. The Hall–Kier alpha value is -0.860. The third-order valence-corrected chi connectivity index (χ3v) is 2.82. The molecule has 66 valence electrons. The van der Waals surface area contributed by atoms with Crippen LogP contribution in [0, 0.1) is 5.41 Å². The van der Waals surface area contributed by atoms with Gasteiger partial charge in [0.15, 0.2) is 0 Å². The Morgan fingerprint density at radius 2 is 2.17 bits per heavy atom. The molecule has 0 amide bonds. The first-order valence-electron chi connectivity index (χ1n) is 4.61. The average molecular weight is 165 g/mol. The van der Waals surface area contributed by atoms with Gasteiger partial charge in [0.1, 0.15) is 12.7 Å². The molecule has 1 aliphatic carbocycles. The van der Waals surface area contributed by atoms with Crippen LogP contribution in [0.1, 0.15) is 32.6 Å². The summed E-state index contributed by atoms with van der Waals surface area (Å²) in [5.41, 5.74) is 0.480. The second kappa shape index (κ2) is 2.88. The highest BCUT2D eigenvalue weighted by Crippen LogP contribution is 2.38. The van der Waals surface area contributed by atoms with E-state index in [0.29, 0.717) is 5.41 Å². The molecule has 2 rings (SSSR count). The summed E-state index contributed by atoms with van der Waals surface area (Å²) < 4.78 is 1.95. The SMILES string of the molecule is CC1(Cn2cncn2)CCCC1. The van der Waals surface area contributed by atoms with Crippen molar-refractivity contribution in [3.8, 4) is 0 Å². The molecule has 3 heteroatoms. The monoisotopic (exact) mass is 165 g/mol. The third-order valence-electron chi connectivity index (χ3n) is 2.82. The molecule has 1 aromatic rings. The van der Waals surface area contributed by atoms with Crippen molar-refractivity contribution in [3.63, 3.8) is 0 Å². The van der Waals surface area contributed by atoms with Crippen molar-refractivity contribution in [2.75, 3.05) is 0 Å². The molecular weight excluding hydrogens is 150 g/mol. The van der Waals surface area contributed by atoms with Gasteiger partial charge < -0.3 is 0 Å². The van der Waals surface area contributed by atoms with Crippen LogP contribution in [0.5, 0.6) is 0 Å². The fraction of sp³-hybridized carbons (Fsp3) is 0.778. The Labute approximate surface area is 72.8 Å². The van der Waals surface area contributed by atoms with Gasteiger partial charge in [-0.15, -0.1) is 0 Å². The van der Waals surface area contributed by atoms with Crippen molar-refractivity contribution in [2.24, 2.45) is 5.41 Å². The van der Waals surface area contributed by atoms with Crippen molar-refractivity contribution in [2.45, 2.75) is 39.2 Å². The maximum atomic E-state index is 4.13. The molecule has 0 aliphatic heterocycles. The number of hydrogen-bond donors (Lipinski definition) is 0. The average Bonchev–Trinajstić information content (AvgIpc) is 2.62. The minimum Gasteiger partial charge on any atom is -0.252 e. The third kappa shape index (κ3) is 1.49. The molecule has 1 aliphatic rings. The standard InChI is InChI=1S/C9H15N3/c1-9(4-2-3-5-9)6-12-8-10-7-11-12/h7-8H,2-6H2,1H3. The molecule has 0 bridgehead atoms. The molecule has 1 heterocycles. The van der Waals surface area contributed by atoms with Gasteiger partial charge in [0.05, 0.1) is 0 Å². The lowest BCUT2D eigenvalue weighted by molar-refractivity contribution is 0.268. The van der Waals surface area contributed by atoms with E-state index >= 15 is 0 Å². The Morgan fingerprint density at radius 3 is 2.75 bits per heavy atom. The smallest absolute Gasteiger partial charge is 0.137 e. The zero-order chi connectivity index (χ0) is 8.44. The summed E-state index contributed by atoms with van der Waals surface area (Å²) in [7, 11) is 0. The Kier molecular flexibility index (Phi) is 1.87. The topological polar surface area (TPSA) is 30.7 Å². The van der Waals surface area contributed by atoms with Crippen molar-refractivity contribution < 1.29 is 0 Å². The van der Waals surface area contributed by atoms with Crippen LogP contribution in [0.3, 0.4) is 0 Å². The molecule has 1 fully saturated rings. The highest BCUT2D eigenvalue weighted by atomic mass is 15.3. The van der Waals surface area contributed by atoms with Gasteiger partial charge in [0, 0.05) is 6.54 Å². The van der Waals surface area contributed by atoms with E-state index in [1.54, 1.807) is 6.33 Å². The lowest BCUT2D eigenvalue weighted by Gasteiger charge is -2.22. The molecule has 1 saturated carbocycles. The van der Waals surface area contributed by atoms with E-state index in [9.17, 15) is 0 Å². The molecule has 1 aromatic heterocycles. The lowest BCUT2D eigenvalue weighted by Crippen LogP contribution is -2.19. The van der Waals surface area contributed by atoms with Gasteiger partial charge in [-0.05, 0) is 18.3 Å². The van der Waals surface area contributed by atoms with Crippen LogP contribution in [-0.2, 0) is 6.54 Å². The second-order valence-electron chi connectivity index (χ2n) is 4.11. The largest absolute Gasteiger partial charge is 0.252 e.